The smallest absolute Gasteiger partial charge is 0.133 e. The van der Waals surface area contributed by atoms with E-state index in [-0.39, 0.29) is 0 Å². The second-order valence-electron chi connectivity index (χ2n) is 3.44. The van der Waals surface area contributed by atoms with Gasteiger partial charge >= 0.3 is 0 Å². The van der Waals surface area contributed by atoms with E-state index in [2.05, 4.69) is 22.6 Å². The van der Waals surface area contributed by atoms with E-state index in [4.69, 9.17) is 27.9 Å². The minimum atomic E-state index is 0.400. The first-order chi connectivity index (χ1) is 8.19. The summed E-state index contributed by atoms with van der Waals surface area (Å²) in [5.74, 6) is 1.88. The average Bonchev–Trinajstić information content (AvgIpc) is 2.32. The molecule has 0 heterocycles. The fraction of sp³-hybridized carbons (Fsp3) is 0.0769. The van der Waals surface area contributed by atoms with Gasteiger partial charge in [-0.05, 0) is 59.0 Å². The van der Waals surface area contributed by atoms with Gasteiger partial charge in [0.05, 0.1) is 5.88 Å². The van der Waals surface area contributed by atoms with Crippen molar-refractivity contribution in [3.63, 3.8) is 0 Å². The van der Waals surface area contributed by atoms with Gasteiger partial charge in [0.2, 0.25) is 0 Å². The molecule has 88 valence electrons. The third kappa shape index (κ3) is 3.50. The number of rotatable bonds is 3. The maximum Gasteiger partial charge on any atom is 0.133 e. The molecule has 0 atom stereocenters. The second kappa shape index (κ2) is 5.94. The molecule has 2 rings (SSSR count). The SMILES string of the molecule is ClCc1ccc(Cl)cc1Oc1ccc(I)cc1. The van der Waals surface area contributed by atoms with Crippen LogP contribution in [0.1, 0.15) is 5.56 Å². The van der Waals surface area contributed by atoms with E-state index in [1.165, 1.54) is 3.57 Å². The van der Waals surface area contributed by atoms with Crippen molar-refractivity contribution in [2.24, 2.45) is 0 Å². The Labute approximate surface area is 124 Å². The fourth-order valence-electron chi connectivity index (χ4n) is 1.36. The molecule has 4 heteroatoms. The summed E-state index contributed by atoms with van der Waals surface area (Å²) < 4.78 is 6.93. The predicted molar refractivity (Wildman–Crippen MR) is 80.2 cm³/mol. The molecule has 2 aromatic rings. The van der Waals surface area contributed by atoms with Crippen molar-refractivity contribution in [2.45, 2.75) is 5.88 Å². The number of ether oxygens (including phenoxy) is 1. The Hall–Kier alpha value is -0.450. The van der Waals surface area contributed by atoms with Crippen LogP contribution in [-0.4, -0.2) is 0 Å². The van der Waals surface area contributed by atoms with Crippen LogP contribution < -0.4 is 4.74 Å². The van der Waals surface area contributed by atoms with Gasteiger partial charge in [0.1, 0.15) is 11.5 Å². The Morgan fingerprint density at radius 2 is 1.76 bits per heavy atom. The van der Waals surface area contributed by atoms with Gasteiger partial charge in [0, 0.05) is 14.2 Å². The zero-order valence-corrected chi connectivity index (χ0v) is 12.5. The molecule has 0 aliphatic rings. The van der Waals surface area contributed by atoms with Crippen LogP contribution >= 0.6 is 45.8 Å². The number of hydrogen-bond donors (Lipinski definition) is 0. The maximum atomic E-state index is 5.94. The summed E-state index contributed by atoms with van der Waals surface area (Å²) in [6, 6.07) is 13.3. The first kappa shape index (κ1) is 13.0. The Morgan fingerprint density at radius 3 is 2.41 bits per heavy atom. The van der Waals surface area contributed by atoms with E-state index >= 15 is 0 Å². The molecule has 0 amide bonds. The zero-order valence-electron chi connectivity index (χ0n) is 8.79. The summed E-state index contributed by atoms with van der Waals surface area (Å²) in [4.78, 5) is 0. The Kier molecular flexibility index (Phi) is 4.54. The summed E-state index contributed by atoms with van der Waals surface area (Å²) in [6.45, 7) is 0. The van der Waals surface area contributed by atoms with Gasteiger partial charge in [-0.15, -0.1) is 11.6 Å². The van der Waals surface area contributed by atoms with Crippen LogP contribution in [0, 0.1) is 3.57 Å². The highest BCUT2D eigenvalue weighted by Gasteiger charge is 2.05. The van der Waals surface area contributed by atoms with Crippen LogP contribution in [0.4, 0.5) is 0 Å². The minimum Gasteiger partial charge on any atom is -0.457 e. The highest BCUT2D eigenvalue weighted by atomic mass is 127. The van der Waals surface area contributed by atoms with Gasteiger partial charge in [0.25, 0.3) is 0 Å². The molecule has 2 aromatic carbocycles. The quantitative estimate of drug-likeness (QED) is 0.507. The minimum absolute atomic E-state index is 0.400. The van der Waals surface area contributed by atoms with Crippen LogP contribution in [0.25, 0.3) is 0 Å². The van der Waals surface area contributed by atoms with Crippen LogP contribution in [-0.2, 0) is 5.88 Å². The van der Waals surface area contributed by atoms with Gasteiger partial charge in [0.15, 0.2) is 0 Å². The van der Waals surface area contributed by atoms with E-state index in [0.717, 1.165) is 11.3 Å². The topological polar surface area (TPSA) is 9.23 Å². The monoisotopic (exact) mass is 378 g/mol. The number of alkyl halides is 1. The highest BCUT2D eigenvalue weighted by Crippen LogP contribution is 2.29. The lowest BCUT2D eigenvalue weighted by Crippen LogP contribution is -1.89. The molecule has 0 aromatic heterocycles. The van der Waals surface area contributed by atoms with Crippen molar-refractivity contribution in [3.8, 4) is 11.5 Å². The molecule has 0 saturated heterocycles. The Morgan fingerprint density at radius 1 is 1.06 bits per heavy atom. The molecule has 0 saturated carbocycles. The van der Waals surface area contributed by atoms with Crippen molar-refractivity contribution in [1.29, 1.82) is 0 Å². The molecule has 1 nitrogen and oxygen atoms in total. The third-order valence-electron chi connectivity index (χ3n) is 2.21. The van der Waals surface area contributed by atoms with E-state index in [0.29, 0.717) is 16.7 Å². The summed E-state index contributed by atoms with van der Waals surface area (Å²) in [5.41, 5.74) is 0.926. The molecule has 0 radical (unpaired) electrons. The van der Waals surface area contributed by atoms with Crippen LogP contribution in [0.3, 0.4) is 0 Å². The fourth-order valence-corrected chi connectivity index (χ4v) is 2.11. The molecular formula is C13H9Cl2IO. The van der Waals surface area contributed by atoms with Crippen molar-refractivity contribution < 1.29 is 4.74 Å². The molecule has 0 aliphatic heterocycles. The summed E-state index contributed by atoms with van der Waals surface area (Å²) >= 11 is 14.0. The largest absolute Gasteiger partial charge is 0.457 e. The predicted octanol–water partition coefficient (Wildman–Crippen LogP) is 5.48. The first-order valence-corrected chi connectivity index (χ1v) is 6.96. The maximum absolute atomic E-state index is 5.94. The second-order valence-corrected chi connectivity index (χ2v) is 5.39. The van der Waals surface area contributed by atoms with E-state index in [1.54, 1.807) is 12.1 Å². The summed E-state index contributed by atoms with van der Waals surface area (Å²) in [6.07, 6.45) is 0. The molecule has 0 unspecified atom stereocenters. The lowest BCUT2D eigenvalue weighted by molar-refractivity contribution is 0.478. The lowest BCUT2D eigenvalue weighted by atomic mass is 10.2. The van der Waals surface area contributed by atoms with Crippen molar-refractivity contribution in [2.75, 3.05) is 0 Å². The third-order valence-corrected chi connectivity index (χ3v) is 3.46. The van der Waals surface area contributed by atoms with Crippen LogP contribution in [0.5, 0.6) is 11.5 Å². The molecular weight excluding hydrogens is 370 g/mol. The van der Waals surface area contributed by atoms with Gasteiger partial charge in [-0.1, -0.05) is 17.7 Å². The molecule has 0 N–H and O–H groups in total. The van der Waals surface area contributed by atoms with E-state index in [9.17, 15) is 0 Å². The van der Waals surface area contributed by atoms with E-state index < -0.39 is 0 Å². The van der Waals surface area contributed by atoms with Crippen molar-refractivity contribution in [3.05, 3.63) is 56.6 Å². The highest BCUT2D eigenvalue weighted by molar-refractivity contribution is 14.1. The number of halogens is 3. The van der Waals surface area contributed by atoms with Crippen molar-refractivity contribution in [1.82, 2.24) is 0 Å². The van der Waals surface area contributed by atoms with Crippen molar-refractivity contribution >= 4 is 45.8 Å². The summed E-state index contributed by atoms with van der Waals surface area (Å²) in [7, 11) is 0. The van der Waals surface area contributed by atoms with Crippen LogP contribution in [0.15, 0.2) is 42.5 Å². The van der Waals surface area contributed by atoms with Gasteiger partial charge in [-0.2, -0.15) is 0 Å². The normalized spacial score (nSPS) is 10.3. The molecule has 0 bridgehead atoms. The van der Waals surface area contributed by atoms with Crippen LogP contribution in [0.2, 0.25) is 5.02 Å². The molecule has 0 fully saturated rings. The van der Waals surface area contributed by atoms with Gasteiger partial charge in [-0.3, -0.25) is 0 Å². The summed E-state index contributed by atoms with van der Waals surface area (Å²) in [5, 5.41) is 0.638. The Bertz CT molecular complexity index is 511. The van der Waals surface area contributed by atoms with Gasteiger partial charge in [-0.25, -0.2) is 0 Å². The first-order valence-electron chi connectivity index (χ1n) is 4.97. The standard InChI is InChI=1S/C13H9Cl2IO/c14-8-9-1-2-10(15)7-13(9)17-12-5-3-11(16)4-6-12/h1-7H,8H2. The van der Waals surface area contributed by atoms with Gasteiger partial charge < -0.3 is 4.74 Å². The lowest BCUT2D eigenvalue weighted by Gasteiger charge is -2.10. The number of benzene rings is 2. The molecule has 0 spiro atoms. The van der Waals surface area contributed by atoms with E-state index in [1.807, 2.05) is 30.3 Å². The zero-order chi connectivity index (χ0) is 12.3. The Balaban J connectivity index is 2.28. The average molecular weight is 379 g/mol. The number of hydrogen-bond acceptors (Lipinski definition) is 1. The molecule has 0 aliphatic carbocycles. The molecule has 17 heavy (non-hydrogen) atoms.